The Morgan fingerprint density at radius 2 is 0.481 bits per heavy atom. The van der Waals surface area contributed by atoms with Crippen LogP contribution in [0.25, 0.3) is 207 Å². The third-order valence-corrected chi connectivity index (χ3v) is 24.2. The molecule has 0 radical (unpaired) electrons. The van der Waals surface area contributed by atoms with Crippen LogP contribution in [0.5, 0.6) is 0 Å². The lowest BCUT2D eigenvalue weighted by atomic mass is 9.96. The molecule has 0 unspecified atom stereocenters. The largest absolute Gasteiger partial charge is 0.309 e. The molecule has 0 amide bonds. The molecule has 494 valence electrons. The molecule has 106 heavy (non-hydrogen) atoms. The van der Waals surface area contributed by atoms with Crippen LogP contribution in [0.1, 0.15) is 0 Å². The minimum Gasteiger partial charge on any atom is -0.309 e. The maximum atomic E-state index is 2.46. The fraction of sp³-hybridized carbons (Fsp3) is 0. The highest BCUT2D eigenvalue weighted by molar-refractivity contribution is 7.26. The number of aromatic nitrogens is 2. The molecular weight excluding hydrogens is 1320 g/mol. The first-order chi connectivity index (χ1) is 52.5. The van der Waals surface area contributed by atoms with E-state index in [4.69, 9.17) is 0 Å². The molecule has 0 N–H and O–H groups in total. The summed E-state index contributed by atoms with van der Waals surface area (Å²) >= 11 is 3.75. The summed E-state index contributed by atoms with van der Waals surface area (Å²) in [5.41, 5.74) is 30.9. The van der Waals surface area contributed by atoms with Crippen LogP contribution in [0.2, 0.25) is 0 Å². The molecule has 4 heterocycles. The molecule has 4 aromatic heterocycles. The first kappa shape index (κ1) is 61.4. The van der Waals surface area contributed by atoms with Crippen LogP contribution in [-0.2, 0) is 0 Å². The number of benzene rings is 17. The minimum atomic E-state index is 1.12. The SMILES string of the molecule is c1ccc(-c2ccc3c(c2)c2cc(-c4cccc(-c5ccc(-c6ccc7c8ccc(-c9ccccc9)cc8n(-c8ccc(-c9ccc(-c%10ccc(-c%11cccc%12c%11sc%11ccccc%11%12)cc%10)cc9)cc8)c7c6)cc5)c4)ccc2n3-c2ccc(-c3ccc(-c4cccc5sc6ccccc6c45)cc3)cc2)cc1. The molecule has 0 aliphatic carbocycles. The fourth-order valence-electron chi connectivity index (χ4n) is 16.4. The van der Waals surface area contributed by atoms with Crippen molar-refractivity contribution in [3.63, 3.8) is 0 Å². The van der Waals surface area contributed by atoms with Crippen molar-refractivity contribution in [1.29, 1.82) is 0 Å². The quantitative estimate of drug-likeness (QED) is 0.115. The van der Waals surface area contributed by atoms with E-state index in [0.717, 1.165) is 11.4 Å². The summed E-state index contributed by atoms with van der Waals surface area (Å²) < 4.78 is 10.2. The van der Waals surface area contributed by atoms with Crippen molar-refractivity contribution in [1.82, 2.24) is 9.13 Å². The van der Waals surface area contributed by atoms with Crippen molar-refractivity contribution in [2.24, 2.45) is 0 Å². The predicted octanol–water partition coefficient (Wildman–Crippen LogP) is 29.3. The zero-order valence-corrected chi connectivity index (χ0v) is 59.3. The van der Waals surface area contributed by atoms with Crippen molar-refractivity contribution in [3.05, 3.63) is 388 Å². The number of nitrogens with zero attached hydrogens (tertiary/aromatic N) is 2. The van der Waals surface area contributed by atoms with E-state index in [-0.39, 0.29) is 0 Å². The zero-order valence-electron chi connectivity index (χ0n) is 57.7. The van der Waals surface area contributed by atoms with Gasteiger partial charge in [-0.1, -0.05) is 303 Å². The van der Waals surface area contributed by atoms with Crippen molar-refractivity contribution < 1.29 is 0 Å². The van der Waals surface area contributed by atoms with Gasteiger partial charge in [-0.3, -0.25) is 0 Å². The second-order valence-electron chi connectivity index (χ2n) is 27.9. The van der Waals surface area contributed by atoms with Crippen molar-refractivity contribution in [2.45, 2.75) is 0 Å². The molecule has 0 aliphatic heterocycles. The van der Waals surface area contributed by atoms with Gasteiger partial charge in [0.15, 0.2) is 0 Å². The van der Waals surface area contributed by atoms with Gasteiger partial charge in [0.25, 0.3) is 0 Å². The van der Waals surface area contributed by atoms with Gasteiger partial charge in [0.1, 0.15) is 0 Å². The average molecular weight is 1380 g/mol. The van der Waals surface area contributed by atoms with Gasteiger partial charge in [-0.2, -0.15) is 0 Å². The predicted molar refractivity (Wildman–Crippen MR) is 455 cm³/mol. The minimum absolute atomic E-state index is 1.12. The number of fused-ring (bicyclic) bond motifs is 12. The molecule has 2 nitrogen and oxygen atoms in total. The lowest BCUT2D eigenvalue weighted by Crippen LogP contribution is -1.94. The summed E-state index contributed by atoms with van der Waals surface area (Å²) in [6.07, 6.45) is 0. The maximum absolute atomic E-state index is 2.46. The Morgan fingerprint density at radius 3 is 1.01 bits per heavy atom. The summed E-state index contributed by atoms with van der Waals surface area (Å²) in [6.45, 7) is 0. The van der Waals surface area contributed by atoms with Crippen LogP contribution in [0.15, 0.2) is 388 Å². The molecular formula is C102H64N2S2. The molecule has 4 heteroatoms. The molecule has 0 bridgehead atoms. The standard InChI is InChI=1S/C102H64N2S2/c1-3-14-65(15-4-1)79-50-58-94-92(61-79)93-62-80(51-59-95(93)103(94)83-52-44-72(45-53-83)70-36-40-75(41-37-70)85-22-13-27-100-101(85)91-21-8-10-26-99(91)105-100)78-19-11-18-77(60-78)73-32-34-74(35-33-73)82-49-57-88-87-56-48-81(66-16-5-2-6-17-66)63-96(87)104(97(88)64-82)84-54-46-71(47-55-84)68-30-28-67(29-31-68)69-38-42-76(43-39-69)86-23-12-24-90-89-20-7-9-25-98(89)106-102(86)90/h1-64H. The second kappa shape index (κ2) is 25.3. The van der Waals surface area contributed by atoms with E-state index in [2.05, 4.69) is 397 Å². The monoisotopic (exact) mass is 1380 g/mol. The van der Waals surface area contributed by atoms with Gasteiger partial charge in [-0.15, -0.1) is 22.7 Å². The van der Waals surface area contributed by atoms with E-state index >= 15 is 0 Å². The lowest BCUT2D eigenvalue weighted by molar-refractivity contribution is 1.18. The smallest absolute Gasteiger partial charge is 0.0547 e. The van der Waals surface area contributed by atoms with Gasteiger partial charge in [0.05, 0.1) is 22.1 Å². The van der Waals surface area contributed by atoms with Gasteiger partial charge in [-0.05, 0) is 196 Å². The zero-order chi connectivity index (χ0) is 69.8. The summed E-state index contributed by atoms with van der Waals surface area (Å²) in [4.78, 5) is 0. The molecule has 0 fully saturated rings. The summed E-state index contributed by atoms with van der Waals surface area (Å²) in [7, 11) is 0. The Bertz CT molecular complexity index is 6980. The van der Waals surface area contributed by atoms with E-state index in [1.54, 1.807) is 0 Å². The summed E-state index contributed by atoms with van der Waals surface area (Å²) in [5, 5.41) is 10.2. The van der Waals surface area contributed by atoms with E-state index < -0.39 is 0 Å². The highest BCUT2D eigenvalue weighted by Gasteiger charge is 2.20. The number of rotatable bonds is 12. The van der Waals surface area contributed by atoms with E-state index in [0.29, 0.717) is 0 Å². The molecule has 17 aromatic carbocycles. The Morgan fingerprint density at radius 1 is 0.160 bits per heavy atom. The normalized spacial score (nSPS) is 11.8. The van der Waals surface area contributed by atoms with Crippen LogP contribution in [0, 0.1) is 0 Å². The molecule has 0 atom stereocenters. The summed E-state index contributed by atoms with van der Waals surface area (Å²) in [5.74, 6) is 0. The molecule has 0 spiro atoms. The maximum Gasteiger partial charge on any atom is 0.0547 e. The fourth-order valence-corrected chi connectivity index (χ4v) is 18.8. The first-order valence-electron chi connectivity index (χ1n) is 36.3. The van der Waals surface area contributed by atoms with E-state index in [9.17, 15) is 0 Å². The van der Waals surface area contributed by atoms with E-state index in [1.165, 1.54) is 195 Å². The Kier molecular flexibility index (Phi) is 14.7. The Labute approximate surface area is 622 Å². The molecule has 0 saturated heterocycles. The Hall–Kier alpha value is -13.2. The van der Waals surface area contributed by atoms with Gasteiger partial charge in [-0.25, -0.2) is 0 Å². The summed E-state index contributed by atoms with van der Waals surface area (Å²) in [6, 6.07) is 144. The Balaban J connectivity index is 0.572. The van der Waals surface area contributed by atoms with Crippen LogP contribution in [0.3, 0.4) is 0 Å². The van der Waals surface area contributed by atoms with E-state index in [1.807, 2.05) is 22.7 Å². The molecule has 21 aromatic rings. The number of hydrogen-bond donors (Lipinski definition) is 0. The van der Waals surface area contributed by atoms with Crippen LogP contribution < -0.4 is 0 Å². The average Bonchev–Trinajstić information content (AvgIpc) is 1.59. The van der Waals surface area contributed by atoms with Crippen molar-refractivity contribution in [3.8, 4) is 123 Å². The third-order valence-electron chi connectivity index (χ3n) is 21.8. The van der Waals surface area contributed by atoms with Gasteiger partial charge in [0, 0.05) is 73.3 Å². The van der Waals surface area contributed by atoms with Crippen LogP contribution in [-0.4, -0.2) is 9.13 Å². The number of thiophene rings is 2. The van der Waals surface area contributed by atoms with Crippen molar-refractivity contribution in [2.75, 3.05) is 0 Å². The van der Waals surface area contributed by atoms with Crippen molar-refractivity contribution >= 4 is 107 Å². The molecule has 21 rings (SSSR count). The van der Waals surface area contributed by atoms with Crippen LogP contribution in [0.4, 0.5) is 0 Å². The topological polar surface area (TPSA) is 9.86 Å². The lowest BCUT2D eigenvalue weighted by Gasteiger charge is -2.12. The second-order valence-corrected chi connectivity index (χ2v) is 30.0. The van der Waals surface area contributed by atoms with Gasteiger partial charge < -0.3 is 9.13 Å². The van der Waals surface area contributed by atoms with Gasteiger partial charge >= 0.3 is 0 Å². The molecule has 0 aliphatic rings. The molecule has 0 saturated carbocycles. The van der Waals surface area contributed by atoms with Gasteiger partial charge in [0.2, 0.25) is 0 Å². The highest BCUT2D eigenvalue weighted by atomic mass is 32.1. The first-order valence-corrected chi connectivity index (χ1v) is 38.0. The number of hydrogen-bond acceptors (Lipinski definition) is 2. The van der Waals surface area contributed by atoms with Crippen LogP contribution >= 0.6 is 22.7 Å². The third kappa shape index (κ3) is 10.6. The highest BCUT2D eigenvalue weighted by Crippen LogP contribution is 2.45.